The lowest BCUT2D eigenvalue weighted by Gasteiger charge is -2.22. The predicted molar refractivity (Wildman–Crippen MR) is 58.4 cm³/mol. The molecule has 1 aliphatic heterocycles. The molecule has 2 rings (SSSR count). The summed E-state index contributed by atoms with van der Waals surface area (Å²) in [5, 5.41) is 0. The van der Waals surface area contributed by atoms with Crippen molar-refractivity contribution in [3.63, 3.8) is 0 Å². The van der Waals surface area contributed by atoms with Crippen LogP contribution in [0.4, 0.5) is 0 Å². The fourth-order valence-electron chi connectivity index (χ4n) is 2.01. The van der Waals surface area contributed by atoms with E-state index in [-0.39, 0.29) is 0 Å². The van der Waals surface area contributed by atoms with Gasteiger partial charge in [-0.3, -0.25) is 0 Å². The molecule has 76 valence electrons. The average molecular weight is 190 g/mol. The Bertz CT molecular complexity index is 249. The maximum Gasteiger partial charge on any atom is 0.0578 e. The molecule has 1 nitrogen and oxygen atoms in total. The van der Waals surface area contributed by atoms with Crippen LogP contribution >= 0.6 is 0 Å². The Morgan fingerprint density at radius 2 is 2.00 bits per heavy atom. The second kappa shape index (κ2) is 5.16. The number of rotatable bonds is 3. The molecule has 0 amide bonds. The SMILES string of the molecule is c1ccc(CCC2CCCCO2)cc1. The number of benzene rings is 1. The van der Waals surface area contributed by atoms with Gasteiger partial charge in [-0.2, -0.15) is 0 Å². The van der Waals surface area contributed by atoms with Crippen LogP contribution in [0.5, 0.6) is 0 Å². The summed E-state index contributed by atoms with van der Waals surface area (Å²) in [4.78, 5) is 0. The molecule has 1 aromatic carbocycles. The summed E-state index contributed by atoms with van der Waals surface area (Å²) in [6.07, 6.45) is 6.72. The Morgan fingerprint density at radius 3 is 2.71 bits per heavy atom. The summed E-state index contributed by atoms with van der Waals surface area (Å²) < 4.78 is 5.70. The van der Waals surface area contributed by atoms with E-state index in [4.69, 9.17) is 4.74 Å². The van der Waals surface area contributed by atoms with Crippen molar-refractivity contribution >= 4 is 0 Å². The van der Waals surface area contributed by atoms with E-state index >= 15 is 0 Å². The van der Waals surface area contributed by atoms with Gasteiger partial charge in [0.25, 0.3) is 0 Å². The Labute approximate surface area is 86.1 Å². The largest absolute Gasteiger partial charge is 0.378 e. The third-order valence-corrected chi connectivity index (χ3v) is 2.87. The summed E-state index contributed by atoms with van der Waals surface area (Å²) >= 11 is 0. The fraction of sp³-hybridized carbons (Fsp3) is 0.538. The molecule has 1 fully saturated rings. The first-order valence-electron chi connectivity index (χ1n) is 5.61. The molecular formula is C13H18O. The quantitative estimate of drug-likeness (QED) is 0.711. The zero-order valence-electron chi connectivity index (χ0n) is 8.61. The number of hydrogen-bond acceptors (Lipinski definition) is 1. The van der Waals surface area contributed by atoms with E-state index in [0.29, 0.717) is 6.10 Å². The van der Waals surface area contributed by atoms with Crippen LogP contribution < -0.4 is 0 Å². The van der Waals surface area contributed by atoms with Crippen LogP contribution in [0.1, 0.15) is 31.2 Å². The molecule has 1 aliphatic rings. The van der Waals surface area contributed by atoms with Crippen molar-refractivity contribution in [3.8, 4) is 0 Å². The minimum absolute atomic E-state index is 0.518. The Balaban J connectivity index is 1.76. The molecule has 0 bridgehead atoms. The third-order valence-electron chi connectivity index (χ3n) is 2.87. The van der Waals surface area contributed by atoms with Crippen molar-refractivity contribution in [2.45, 2.75) is 38.2 Å². The third kappa shape index (κ3) is 2.85. The van der Waals surface area contributed by atoms with Crippen molar-refractivity contribution in [3.05, 3.63) is 35.9 Å². The molecular weight excluding hydrogens is 172 g/mol. The standard InChI is InChI=1S/C13H18O/c1-2-6-12(7-3-1)9-10-13-8-4-5-11-14-13/h1-3,6-7,13H,4-5,8-11H2. The topological polar surface area (TPSA) is 9.23 Å². The fourth-order valence-corrected chi connectivity index (χ4v) is 2.01. The van der Waals surface area contributed by atoms with E-state index < -0.39 is 0 Å². The lowest BCUT2D eigenvalue weighted by molar-refractivity contribution is 0.0115. The van der Waals surface area contributed by atoms with Crippen molar-refractivity contribution in [1.29, 1.82) is 0 Å². The van der Waals surface area contributed by atoms with E-state index in [9.17, 15) is 0 Å². The molecule has 1 unspecified atom stereocenters. The molecule has 0 saturated carbocycles. The summed E-state index contributed by atoms with van der Waals surface area (Å²) in [6.45, 7) is 0.972. The highest BCUT2D eigenvalue weighted by Gasteiger charge is 2.12. The number of aryl methyl sites for hydroxylation is 1. The molecule has 1 saturated heterocycles. The van der Waals surface area contributed by atoms with Crippen molar-refractivity contribution in [2.24, 2.45) is 0 Å². The van der Waals surface area contributed by atoms with Crippen LogP contribution in [0.3, 0.4) is 0 Å². The Kier molecular flexibility index (Phi) is 3.58. The van der Waals surface area contributed by atoms with Gasteiger partial charge in [0.1, 0.15) is 0 Å². The Hall–Kier alpha value is -0.820. The van der Waals surface area contributed by atoms with Gasteiger partial charge in [0.15, 0.2) is 0 Å². The van der Waals surface area contributed by atoms with Crippen LogP contribution in [0, 0.1) is 0 Å². The summed E-state index contributed by atoms with van der Waals surface area (Å²) in [5.41, 5.74) is 1.43. The van der Waals surface area contributed by atoms with Gasteiger partial charge in [-0.1, -0.05) is 30.3 Å². The highest BCUT2D eigenvalue weighted by Crippen LogP contribution is 2.17. The van der Waals surface area contributed by atoms with E-state index in [0.717, 1.165) is 13.0 Å². The van der Waals surface area contributed by atoms with Gasteiger partial charge in [0.2, 0.25) is 0 Å². The first kappa shape index (κ1) is 9.72. The van der Waals surface area contributed by atoms with Crippen molar-refractivity contribution in [2.75, 3.05) is 6.61 Å². The number of hydrogen-bond donors (Lipinski definition) is 0. The van der Waals surface area contributed by atoms with Gasteiger partial charge in [0.05, 0.1) is 6.10 Å². The molecule has 0 N–H and O–H groups in total. The average Bonchev–Trinajstić information content (AvgIpc) is 2.29. The van der Waals surface area contributed by atoms with Crippen LogP contribution in [0.25, 0.3) is 0 Å². The lowest BCUT2D eigenvalue weighted by atomic mass is 10.0. The van der Waals surface area contributed by atoms with Crippen LogP contribution in [0.2, 0.25) is 0 Å². The van der Waals surface area contributed by atoms with Gasteiger partial charge in [0, 0.05) is 6.61 Å². The van der Waals surface area contributed by atoms with Crippen LogP contribution in [-0.2, 0) is 11.2 Å². The zero-order valence-corrected chi connectivity index (χ0v) is 8.61. The van der Waals surface area contributed by atoms with Crippen LogP contribution in [0.15, 0.2) is 30.3 Å². The zero-order chi connectivity index (χ0) is 9.64. The van der Waals surface area contributed by atoms with E-state index in [1.807, 2.05) is 0 Å². The monoisotopic (exact) mass is 190 g/mol. The minimum atomic E-state index is 0.518. The smallest absolute Gasteiger partial charge is 0.0578 e. The molecule has 1 heterocycles. The minimum Gasteiger partial charge on any atom is -0.378 e. The van der Waals surface area contributed by atoms with Gasteiger partial charge >= 0.3 is 0 Å². The first-order valence-corrected chi connectivity index (χ1v) is 5.61. The molecule has 0 radical (unpaired) electrons. The summed E-state index contributed by atoms with van der Waals surface area (Å²) in [7, 11) is 0. The maximum absolute atomic E-state index is 5.70. The molecule has 0 aromatic heterocycles. The molecule has 1 aromatic rings. The highest BCUT2D eigenvalue weighted by atomic mass is 16.5. The summed E-state index contributed by atoms with van der Waals surface area (Å²) in [6, 6.07) is 10.7. The normalized spacial score (nSPS) is 22.1. The van der Waals surface area contributed by atoms with Crippen molar-refractivity contribution < 1.29 is 4.74 Å². The second-order valence-corrected chi connectivity index (χ2v) is 4.01. The summed E-state index contributed by atoms with van der Waals surface area (Å²) in [5.74, 6) is 0. The second-order valence-electron chi connectivity index (χ2n) is 4.01. The van der Waals surface area contributed by atoms with E-state index in [1.54, 1.807) is 0 Å². The van der Waals surface area contributed by atoms with Gasteiger partial charge in [-0.25, -0.2) is 0 Å². The van der Waals surface area contributed by atoms with Crippen molar-refractivity contribution in [1.82, 2.24) is 0 Å². The van der Waals surface area contributed by atoms with E-state index in [1.165, 1.54) is 31.2 Å². The molecule has 0 spiro atoms. The molecule has 0 aliphatic carbocycles. The highest BCUT2D eigenvalue weighted by molar-refractivity contribution is 5.14. The Morgan fingerprint density at radius 1 is 1.14 bits per heavy atom. The molecule has 1 atom stereocenters. The van der Waals surface area contributed by atoms with Gasteiger partial charge < -0.3 is 4.74 Å². The molecule has 14 heavy (non-hydrogen) atoms. The number of ether oxygens (including phenoxy) is 1. The predicted octanol–water partition coefficient (Wildman–Crippen LogP) is 3.19. The van der Waals surface area contributed by atoms with Crippen LogP contribution in [-0.4, -0.2) is 12.7 Å². The lowest BCUT2D eigenvalue weighted by Crippen LogP contribution is -2.19. The van der Waals surface area contributed by atoms with Gasteiger partial charge in [-0.05, 0) is 37.7 Å². The molecule has 1 heteroatoms. The van der Waals surface area contributed by atoms with E-state index in [2.05, 4.69) is 30.3 Å². The first-order chi connectivity index (χ1) is 6.95. The van der Waals surface area contributed by atoms with Gasteiger partial charge in [-0.15, -0.1) is 0 Å². The maximum atomic E-state index is 5.70.